The Kier molecular flexibility index (Phi) is 2.14. The molecule has 5 heteroatoms. The predicted molar refractivity (Wildman–Crippen MR) is 67.2 cm³/mol. The highest BCUT2D eigenvalue weighted by Crippen LogP contribution is 2.42. The number of fused-ring (bicyclic) bond motifs is 3. The predicted octanol–water partition coefficient (Wildman–Crippen LogP) is 3.07. The van der Waals surface area contributed by atoms with Crippen molar-refractivity contribution in [1.29, 1.82) is 0 Å². The lowest BCUT2D eigenvalue weighted by molar-refractivity contribution is 0.345. The average molecular weight is 252 g/mol. The number of hydrogen-bond acceptors (Lipinski definition) is 4. The van der Waals surface area contributed by atoms with Gasteiger partial charge in [0.05, 0.1) is 0 Å². The third-order valence-electron chi connectivity index (χ3n) is 3.45. The van der Waals surface area contributed by atoms with E-state index in [2.05, 4.69) is 23.8 Å². The van der Waals surface area contributed by atoms with Crippen LogP contribution in [-0.4, -0.2) is 9.97 Å². The summed E-state index contributed by atoms with van der Waals surface area (Å²) in [4.78, 5) is 8.20. The number of aryl methyl sites for hydroxylation is 1. The topological polar surface area (TPSA) is 64.9 Å². The lowest BCUT2D eigenvalue weighted by Gasteiger charge is -2.27. The highest BCUT2D eigenvalue weighted by Gasteiger charge is 2.34. The Hall–Kier alpha value is -1.29. The molecule has 0 spiro atoms. The molecule has 0 aliphatic heterocycles. The number of furan rings is 1. The van der Waals surface area contributed by atoms with E-state index in [9.17, 15) is 0 Å². The number of nitrogens with zero attached hydrogens (tertiary/aromatic N) is 2. The maximum absolute atomic E-state index is 6.05. The zero-order chi connectivity index (χ0) is 12.2. The lowest BCUT2D eigenvalue weighted by atomic mass is 9.77. The van der Waals surface area contributed by atoms with E-state index in [4.69, 9.17) is 21.8 Å². The van der Waals surface area contributed by atoms with Gasteiger partial charge in [-0.15, -0.1) is 0 Å². The van der Waals surface area contributed by atoms with Crippen molar-refractivity contribution in [2.75, 3.05) is 5.73 Å². The standard InChI is InChI=1S/C12H14ClN3O/c1-12(2)5-3-4-6-7-8(17-9(6)12)10(13)16-11(14)15-7/h3-5H2,1-2H3,(H2,14,15,16). The van der Waals surface area contributed by atoms with Crippen LogP contribution >= 0.6 is 11.6 Å². The fraction of sp³-hybridized carbons (Fsp3) is 0.500. The number of halogens is 1. The van der Waals surface area contributed by atoms with E-state index in [0.717, 1.165) is 36.1 Å². The summed E-state index contributed by atoms with van der Waals surface area (Å²) >= 11 is 6.05. The molecule has 0 saturated heterocycles. The smallest absolute Gasteiger partial charge is 0.222 e. The summed E-state index contributed by atoms with van der Waals surface area (Å²) in [5.41, 5.74) is 8.17. The quantitative estimate of drug-likeness (QED) is 0.731. The van der Waals surface area contributed by atoms with Gasteiger partial charge in [-0.3, -0.25) is 0 Å². The molecule has 1 aliphatic rings. The van der Waals surface area contributed by atoms with E-state index in [-0.39, 0.29) is 11.4 Å². The van der Waals surface area contributed by atoms with Gasteiger partial charge in [0.15, 0.2) is 10.7 Å². The van der Waals surface area contributed by atoms with Gasteiger partial charge < -0.3 is 10.2 Å². The largest absolute Gasteiger partial charge is 0.455 e. The van der Waals surface area contributed by atoms with E-state index < -0.39 is 0 Å². The first kappa shape index (κ1) is 10.8. The van der Waals surface area contributed by atoms with E-state index in [1.807, 2.05) is 0 Å². The normalized spacial score (nSPS) is 18.3. The summed E-state index contributed by atoms with van der Waals surface area (Å²) in [6.07, 6.45) is 3.22. The monoisotopic (exact) mass is 251 g/mol. The minimum Gasteiger partial charge on any atom is -0.455 e. The van der Waals surface area contributed by atoms with Crippen LogP contribution in [0, 0.1) is 0 Å². The van der Waals surface area contributed by atoms with Crippen LogP contribution in [-0.2, 0) is 11.8 Å². The molecule has 3 rings (SSSR count). The average Bonchev–Trinajstić information content (AvgIpc) is 2.58. The van der Waals surface area contributed by atoms with Crippen LogP contribution in [0.25, 0.3) is 11.1 Å². The molecule has 2 aromatic heterocycles. The molecule has 4 nitrogen and oxygen atoms in total. The van der Waals surface area contributed by atoms with Crippen molar-refractivity contribution in [3.8, 4) is 0 Å². The van der Waals surface area contributed by atoms with Crippen LogP contribution in [0.1, 0.15) is 38.0 Å². The fourth-order valence-corrected chi connectivity index (χ4v) is 2.82. The van der Waals surface area contributed by atoms with E-state index in [1.165, 1.54) is 0 Å². The highest BCUT2D eigenvalue weighted by molar-refractivity contribution is 6.33. The molecule has 2 heterocycles. The molecule has 0 aromatic carbocycles. The Bertz CT molecular complexity index is 603. The second-order valence-electron chi connectivity index (χ2n) is 5.20. The van der Waals surface area contributed by atoms with Crippen molar-refractivity contribution in [2.24, 2.45) is 0 Å². The molecule has 90 valence electrons. The Morgan fingerprint density at radius 1 is 1.35 bits per heavy atom. The number of hydrogen-bond donors (Lipinski definition) is 1. The van der Waals surface area contributed by atoms with Gasteiger partial charge in [0, 0.05) is 11.0 Å². The molecule has 2 N–H and O–H groups in total. The number of nitrogen functional groups attached to an aromatic ring is 1. The zero-order valence-electron chi connectivity index (χ0n) is 9.88. The summed E-state index contributed by atoms with van der Waals surface area (Å²) < 4.78 is 5.88. The molecule has 0 saturated carbocycles. The molecule has 0 fully saturated rings. The zero-order valence-corrected chi connectivity index (χ0v) is 10.6. The van der Waals surface area contributed by atoms with Gasteiger partial charge in [0.1, 0.15) is 11.3 Å². The van der Waals surface area contributed by atoms with Crippen LogP contribution < -0.4 is 5.73 Å². The highest BCUT2D eigenvalue weighted by atomic mass is 35.5. The van der Waals surface area contributed by atoms with Crippen LogP contribution in [0.3, 0.4) is 0 Å². The van der Waals surface area contributed by atoms with Gasteiger partial charge in [0.2, 0.25) is 5.95 Å². The SMILES string of the molecule is CC1(C)CCCc2c1oc1c(Cl)nc(N)nc21. The van der Waals surface area contributed by atoms with Crippen molar-refractivity contribution in [3.05, 3.63) is 16.5 Å². The first-order valence-electron chi connectivity index (χ1n) is 5.74. The van der Waals surface area contributed by atoms with Crippen molar-refractivity contribution < 1.29 is 4.42 Å². The lowest BCUT2D eigenvalue weighted by Crippen LogP contribution is -2.22. The first-order chi connectivity index (χ1) is 7.99. The summed E-state index contributed by atoms with van der Waals surface area (Å²) in [6.45, 7) is 4.36. The summed E-state index contributed by atoms with van der Waals surface area (Å²) in [5, 5.41) is 0.303. The van der Waals surface area contributed by atoms with Crippen molar-refractivity contribution >= 4 is 28.6 Å². The van der Waals surface area contributed by atoms with Crippen LogP contribution in [0.5, 0.6) is 0 Å². The Balaban J connectivity index is 2.38. The number of rotatable bonds is 0. The van der Waals surface area contributed by atoms with Gasteiger partial charge in [-0.1, -0.05) is 25.4 Å². The van der Waals surface area contributed by atoms with Crippen molar-refractivity contribution in [1.82, 2.24) is 9.97 Å². The molecule has 2 aromatic rings. The van der Waals surface area contributed by atoms with Gasteiger partial charge in [-0.2, -0.15) is 4.98 Å². The molecule has 1 aliphatic carbocycles. The Morgan fingerprint density at radius 2 is 2.12 bits per heavy atom. The fourth-order valence-electron chi connectivity index (χ4n) is 2.60. The summed E-state index contributed by atoms with van der Waals surface area (Å²) in [6, 6.07) is 0. The van der Waals surface area contributed by atoms with Crippen LogP contribution in [0.2, 0.25) is 5.15 Å². The molecule has 0 radical (unpaired) electrons. The molecular formula is C12H14ClN3O. The van der Waals surface area contributed by atoms with E-state index in [1.54, 1.807) is 0 Å². The maximum atomic E-state index is 6.05. The molecule has 17 heavy (non-hydrogen) atoms. The Labute approximate surface area is 104 Å². The van der Waals surface area contributed by atoms with E-state index >= 15 is 0 Å². The van der Waals surface area contributed by atoms with Gasteiger partial charge in [0.25, 0.3) is 0 Å². The van der Waals surface area contributed by atoms with Crippen molar-refractivity contribution in [2.45, 2.75) is 38.5 Å². The molecular weight excluding hydrogens is 238 g/mol. The molecule has 0 bridgehead atoms. The van der Waals surface area contributed by atoms with E-state index in [0.29, 0.717) is 10.7 Å². The first-order valence-corrected chi connectivity index (χ1v) is 6.12. The second kappa shape index (κ2) is 3.35. The maximum Gasteiger partial charge on any atom is 0.222 e. The molecule has 0 atom stereocenters. The van der Waals surface area contributed by atoms with Crippen LogP contribution in [0.4, 0.5) is 5.95 Å². The minimum absolute atomic E-state index is 0.0341. The number of anilines is 1. The van der Waals surface area contributed by atoms with Gasteiger partial charge in [-0.25, -0.2) is 4.98 Å². The number of aromatic nitrogens is 2. The Morgan fingerprint density at radius 3 is 2.88 bits per heavy atom. The third kappa shape index (κ3) is 1.51. The van der Waals surface area contributed by atoms with Crippen molar-refractivity contribution in [3.63, 3.8) is 0 Å². The molecule has 0 amide bonds. The van der Waals surface area contributed by atoms with Crippen LogP contribution in [0.15, 0.2) is 4.42 Å². The third-order valence-corrected chi connectivity index (χ3v) is 3.70. The number of nitrogens with two attached hydrogens (primary N) is 1. The van der Waals surface area contributed by atoms with Gasteiger partial charge >= 0.3 is 0 Å². The summed E-state index contributed by atoms with van der Waals surface area (Å²) in [7, 11) is 0. The van der Waals surface area contributed by atoms with Gasteiger partial charge in [-0.05, 0) is 19.3 Å². The molecule has 0 unspecified atom stereocenters. The summed E-state index contributed by atoms with van der Waals surface area (Å²) in [5.74, 6) is 1.19. The minimum atomic E-state index is 0.0341. The second-order valence-corrected chi connectivity index (χ2v) is 5.56.